The van der Waals surface area contributed by atoms with E-state index in [1.54, 1.807) is 6.07 Å². The molecule has 0 aliphatic heterocycles. The highest BCUT2D eigenvalue weighted by Crippen LogP contribution is 2.28. The average molecular weight is 238 g/mol. The number of nitrogens with two attached hydrogens (primary N) is 1. The minimum absolute atomic E-state index is 0.148. The zero-order valence-corrected chi connectivity index (χ0v) is 9.90. The van der Waals surface area contributed by atoms with Gasteiger partial charge in [-0.3, -0.25) is 4.90 Å². The number of aliphatic hydroxyl groups is 1. The van der Waals surface area contributed by atoms with Crippen LogP contribution in [0.3, 0.4) is 0 Å². The lowest BCUT2D eigenvalue weighted by molar-refractivity contribution is 0.183. The fourth-order valence-corrected chi connectivity index (χ4v) is 2.12. The summed E-state index contributed by atoms with van der Waals surface area (Å²) in [6.45, 7) is 1.85. The lowest BCUT2D eigenvalue weighted by Gasteiger charge is -2.21. The summed E-state index contributed by atoms with van der Waals surface area (Å²) < 4.78 is 13.3. The fraction of sp³-hybridized carbons (Fsp3) is 0.538. The first-order valence-electron chi connectivity index (χ1n) is 6.06. The number of halogens is 1. The van der Waals surface area contributed by atoms with Gasteiger partial charge in [0.05, 0.1) is 6.61 Å². The van der Waals surface area contributed by atoms with Crippen molar-refractivity contribution in [2.24, 2.45) is 5.73 Å². The number of hydrogen-bond donors (Lipinski definition) is 2. The topological polar surface area (TPSA) is 49.5 Å². The maximum atomic E-state index is 13.3. The molecule has 3 N–H and O–H groups in total. The third-order valence-corrected chi connectivity index (χ3v) is 3.09. The highest BCUT2D eigenvalue weighted by atomic mass is 19.1. The van der Waals surface area contributed by atoms with Crippen LogP contribution in [0.1, 0.15) is 24.0 Å². The standard InChI is InChI=1S/C13H19FN2O/c14-12-6-10(8-15)5-11(7-12)9-16(3-4-17)13-1-2-13/h5-7,13,17H,1-4,8-9,15H2. The van der Waals surface area contributed by atoms with Crippen molar-refractivity contribution in [2.45, 2.75) is 32.0 Å². The molecule has 1 fully saturated rings. The normalized spacial score (nSPS) is 15.5. The molecular weight excluding hydrogens is 219 g/mol. The molecule has 0 radical (unpaired) electrons. The van der Waals surface area contributed by atoms with E-state index in [9.17, 15) is 4.39 Å². The van der Waals surface area contributed by atoms with Crippen molar-refractivity contribution in [1.82, 2.24) is 4.90 Å². The summed E-state index contributed by atoms with van der Waals surface area (Å²) in [5, 5.41) is 9.01. The third kappa shape index (κ3) is 3.49. The van der Waals surface area contributed by atoms with Crippen LogP contribution in [0, 0.1) is 5.82 Å². The second-order valence-corrected chi connectivity index (χ2v) is 4.60. The Morgan fingerprint density at radius 1 is 1.29 bits per heavy atom. The summed E-state index contributed by atoms with van der Waals surface area (Å²) in [7, 11) is 0. The van der Waals surface area contributed by atoms with Crippen molar-refractivity contribution in [3.05, 3.63) is 35.1 Å². The van der Waals surface area contributed by atoms with Crippen LogP contribution in [0.15, 0.2) is 18.2 Å². The maximum Gasteiger partial charge on any atom is 0.123 e. The second-order valence-electron chi connectivity index (χ2n) is 4.60. The monoisotopic (exact) mass is 238 g/mol. The Kier molecular flexibility index (Phi) is 4.10. The number of rotatable bonds is 6. The second kappa shape index (κ2) is 5.58. The molecular formula is C13H19FN2O. The van der Waals surface area contributed by atoms with Crippen LogP contribution in [0.5, 0.6) is 0 Å². The van der Waals surface area contributed by atoms with Gasteiger partial charge < -0.3 is 10.8 Å². The molecule has 4 heteroatoms. The smallest absolute Gasteiger partial charge is 0.123 e. The summed E-state index contributed by atoms with van der Waals surface area (Å²) >= 11 is 0. The van der Waals surface area contributed by atoms with Gasteiger partial charge in [0.2, 0.25) is 0 Å². The molecule has 1 saturated carbocycles. The number of aliphatic hydroxyl groups excluding tert-OH is 1. The van der Waals surface area contributed by atoms with Crippen molar-refractivity contribution in [3.63, 3.8) is 0 Å². The van der Waals surface area contributed by atoms with Gasteiger partial charge in [0, 0.05) is 25.7 Å². The van der Waals surface area contributed by atoms with E-state index < -0.39 is 0 Å². The fourth-order valence-electron chi connectivity index (χ4n) is 2.12. The first kappa shape index (κ1) is 12.5. The van der Waals surface area contributed by atoms with E-state index in [0.717, 1.165) is 11.1 Å². The van der Waals surface area contributed by atoms with Gasteiger partial charge in [-0.05, 0) is 36.1 Å². The summed E-state index contributed by atoms with van der Waals surface area (Å²) in [6.07, 6.45) is 2.36. The molecule has 1 aromatic carbocycles. The van der Waals surface area contributed by atoms with Crippen LogP contribution in [-0.2, 0) is 13.1 Å². The molecule has 0 unspecified atom stereocenters. The van der Waals surface area contributed by atoms with Crippen LogP contribution in [0.25, 0.3) is 0 Å². The van der Waals surface area contributed by atoms with Crippen molar-refractivity contribution in [3.8, 4) is 0 Å². The minimum atomic E-state index is -0.234. The molecule has 0 heterocycles. The molecule has 1 aromatic rings. The van der Waals surface area contributed by atoms with E-state index in [4.69, 9.17) is 10.8 Å². The first-order chi connectivity index (χ1) is 8.22. The molecule has 0 bridgehead atoms. The third-order valence-electron chi connectivity index (χ3n) is 3.09. The molecule has 0 amide bonds. The van der Waals surface area contributed by atoms with Crippen molar-refractivity contribution < 1.29 is 9.50 Å². The highest BCUT2D eigenvalue weighted by Gasteiger charge is 2.28. The molecule has 2 rings (SSSR count). The van der Waals surface area contributed by atoms with Gasteiger partial charge in [-0.1, -0.05) is 6.07 Å². The summed E-state index contributed by atoms with van der Waals surface area (Å²) in [5.74, 6) is -0.234. The van der Waals surface area contributed by atoms with Crippen LogP contribution < -0.4 is 5.73 Å². The van der Waals surface area contributed by atoms with Gasteiger partial charge in [0.1, 0.15) is 5.82 Å². The van der Waals surface area contributed by atoms with Crippen LogP contribution >= 0.6 is 0 Å². The average Bonchev–Trinajstić information content (AvgIpc) is 3.11. The largest absolute Gasteiger partial charge is 0.395 e. The Balaban J connectivity index is 2.07. The Morgan fingerprint density at radius 2 is 2.00 bits per heavy atom. The van der Waals surface area contributed by atoms with Gasteiger partial charge in [0.25, 0.3) is 0 Å². The van der Waals surface area contributed by atoms with Gasteiger partial charge in [0.15, 0.2) is 0 Å². The predicted octanol–water partition coefficient (Wildman–Crippen LogP) is 1.24. The van der Waals surface area contributed by atoms with E-state index in [-0.39, 0.29) is 12.4 Å². The molecule has 0 atom stereocenters. The quantitative estimate of drug-likeness (QED) is 0.784. The Morgan fingerprint density at radius 3 is 2.59 bits per heavy atom. The van der Waals surface area contributed by atoms with Gasteiger partial charge in [-0.25, -0.2) is 4.39 Å². The number of nitrogens with zero attached hydrogens (tertiary/aromatic N) is 1. The maximum absolute atomic E-state index is 13.3. The molecule has 17 heavy (non-hydrogen) atoms. The van der Waals surface area contributed by atoms with Gasteiger partial charge in [-0.15, -0.1) is 0 Å². The van der Waals surface area contributed by atoms with Crippen LogP contribution in [0.4, 0.5) is 4.39 Å². The zero-order valence-electron chi connectivity index (χ0n) is 9.90. The van der Waals surface area contributed by atoms with Gasteiger partial charge >= 0.3 is 0 Å². The van der Waals surface area contributed by atoms with Crippen molar-refractivity contribution in [1.29, 1.82) is 0 Å². The Labute approximate surface area is 101 Å². The van der Waals surface area contributed by atoms with Gasteiger partial charge in [-0.2, -0.15) is 0 Å². The molecule has 1 aliphatic rings. The lowest BCUT2D eigenvalue weighted by atomic mass is 10.1. The number of hydrogen-bond acceptors (Lipinski definition) is 3. The molecule has 0 saturated heterocycles. The predicted molar refractivity (Wildman–Crippen MR) is 64.8 cm³/mol. The molecule has 0 spiro atoms. The molecule has 1 aliphatic carbocycles. The van der Waals surface area contributed by atoms with Crippen molar-refractivity contribution in [2.75, 3.05) is 13.2 Å². The summed E-state index contributed by atoms with van der Waals surface area (Å²) in [4.78, 5) is 2.20. The zero-order chi connectivity index (χ0) is 12.3. The highest BCUT2D eigenvalue weighted by molar-refractivity contribution is 5.24. The Bertz CT molecular complexity index is 380. The van der Waals surface area contributed by atoms with E-state index >= 15 is 0 Å². The van der Waals surface area contributed by atoms with E-state index in [1.807, 2.05) is 6.07 Å². The SMILES string of the molecule is NCc1cc(F)cc(CN(CCO)C2CC2)c1. The summed E-state index contributed by atoms with van der Waals surface area (Å²) in [5.41, 5.74) is 7.28. The van der Waals surface area contributed by atoms with Crippen LogP contribution in [0.2, 0.25) is 0 Å². The van der Waals surface area contributed by atoms with E-state index in [2.05, 4.69) is 4.90 Å². The van der Waals surface area contributed by atoms with E-state index in [0.29, 0.717) is 25.7 Å². The lowest BCUT2D eigenvalue weighted by Crippen LogP contribution is -2.28. The van der Waals surface area contributed by atoms with E-state index in [1.165, 1.54) is 18.9 Å². The summed E-state index contributed by atoms with van der Waals surface area (Å²) in [6, 6.07) is 5.52. The first-order valence-corrected chi connectivity index (χ1v) is 6.06. The Hall–Kier alpha value is -0.970. The molecule has 3 nitrogen and oxygen atoms in total. The van der Waals surface area contributed by atoms with Crippen LogP contribution in [-0.4, -0.2) is 29.2 Å². The number of benzene rings is 1. The molecule has 94 valence electrons. The van der Waals surface area contributed by atoms with Crippen molar-refractivity contribution >= 4 is 0 Å². The minimum Gasteiger partial charge on any atom is -0.395 e. The molecule has 0 aromatic heterocycles.